The summed E-state index contributed by atoms with van der Waals surface area (Å²) in [6.07, 6.45) is 0.358. The molecule has 4 amide bonds. The molecule has 0 saturated carbocycles. The minimum absolute atomic E-state index is 0.121. The number of nitrogens with one attached hydrogen (secondary N) is 3. The highest BCUT2D eigenvalue weighted by molar-refractivity contribution is 5.92. The molecule has 3 rings (SSSR count). The second-order valence-electron chi connectivity index (χ2n) is 12.1. The Morgan fingerprint density at radius 1 is 1.13 bits per heavy atom. The van der Waals surface area contributed by atoms with Crippen LogP contribution < -0.4 is 16.0 Å². The number of hydrogen-bond acceptors (Lipinski definition) is 6. The van der Waals surface area contributed by atoms with Crippen LogP contribution in [0, 0.1) is 22.7 Å². The van der Waals surface area contributed by atoms with Gasteiger partial charge in [0.2, 0.25) is 17.7 Å². The molecule has 0 radical (unpaired) electrons. The maximum Gasteiger partial charge on any atom is 0.408 e. The topological polar surface area (TPSA) is 141 Å². The predicted octanol–water partition coefficient (Wildman–Crippen LogP) is 2.41. The molecule has 2 unspecified atom stereocenters. The average Bonchev–Trinajstić information content (AvgIpc) is 3.23. The fraction of sp³-hybridized carbons (Fsp3) is 0.607. The van der Waals surface area contributed by atoms with Gasteiger partial charge < -0.3 is 25.6 Å². The molecule has 0 aliphatic carbocycles. The highest BCUT2D eigenvalue weighted by Crippen LogP contribution is 2.29. The van der Waals surface area contributed by atoms with Crippen molar-refractivity contribution in [1.29, 1.82) is 5.26 Å². The summed E-state index contributed by atoms with van der Waals surface area (Å²) in [5.41, 5.74) is 0.420. The van der Waals surface area contributed by atoms with E-state index in [2.05, 4.69) is 22.0 Å². The van der Waals surface area contributed by atoms with E-state index in [0.29, 0.717) is 13.0 Å². The molecular weight excluding hydrogens is 486 g/mol. The average molecular weight is 526 g/mol. The standard InChI is InChI=1S/C28H39N5O5/c1-27(2,3)22(32-26(37)38-28(4,5)6)25(36)33-16-19-10-8-7-9-17(19)14-21(33)24(35)31-20(15-29)13-18-11-12-30-23(18)34/h7-10,18,20-22H,11-14,16H2,1-6H3,(H,30,34)(H,31,35)(H,32,37)/t18?,20?,21-,22+/m0/s1. The van der Waals surface area contributed by atoms with Gasteiger partial charge in [0.25, 0.3) is 0 Å². The zero-order valence-electron chi connectivity index (χ0n) is 23.1. The molecular formula is C28H39N5O5. The van der Waals surface area contributed by atoms with Crippen LogP contribution in [-0.4, -0.2) is 59.0 Å². The number of amides is 4. The third-order valence-corrected chi connectivity index (χ3v) is 6.76. The molecule has 1 aromatic rings. The zero-order chi connectivity index (χ0) is 28.3. The molecule has 4 atom stereocenters. The highest BCUT2D eigenvalue weighted by Gasteiger charge is 2.43. The summed E-state index contributed by atoms with van der Waals surface area (Å²) in [5.74, 6) is -1.35. The number of benzene rings is 1. The van der Waals surface area contributed by atoms with Crippen molar-refractivity contribution < 1.29 is 23.9 Å². The lowest BCUT2D eigenvalue weighted by Gasteiger charge is -2.41. The maximum atomic E-state index is 14.0. The smallest absolute Gasteiger partial charge is 0.408 e. The lowest BCUT2D eigenvalue weighted by molar-refractivity contribution is -0.145. The highest BCUT2D eigenvalue weighted by atomic mass is 16.6. The van der Waals surface area contributed by atoms with Crippen LogP contribution in [0.4, 0.5) is 4.79 Å². The van der Waals surface area contributed by atoms with E-state index in [0.717, 1.165) is 11.1 Å². The minimum Gasteiger partial charge on any atom is -0.444 e. The van der Waals surface area contributed by atoms with Crippen LogP contribution in [0.15, 0.2) is 24.3 Å². The Balaban J connectivity index is 1.86. The first-order valence-electron chi connectivity index (χ1n) is 13.0. The quantitative estimate of drug-likeness (QED) is 0.521. The molecule has 38 heavy (non-hydrogen) atoms. The van der Waals surface area contributed by atoms with E-state index in [1.54, 1.807) is 20.8 Å². The van der Waals surface area contributed by atoms with E-state index in [1.807, 2.05) is 45.0 Å². The van der Waals surface area contributed by atoms with Crippen molar-refractivity contribution in [3.8, 4) is 6.07 Å². The van der Waals surface area contributed by atoms with Gasteiger partial charge in [-0.15, -0.1) is 0 Å². The van der Waals surface area contributed by atoms with E-state index in [1.165, 1.54) is 4.90 Å². The first-order chi connectivity index (χ1) is 17.7. The number of fused-ring (bicyclic) bond motifs is 1. The third kappa shape index (κ3) is 7.24. The molecule has 1 aromatic carbocycles. The van der Waals surface area contributed by atoms with Crippen molar-refractivity contribution in [2.24, 2.45) is 11.3 Å². The molecule has 0 bridgehead atoms. The largest absolute Gasteiger partial charge is 0.444 e. The minimum atomic E-state index is -0.966. The molecule has 206 valence electrons. The van der Waals surface area contributed by atoms with Gasteiger partial charge in [0.1, 0.15) is 23.7 Å². The van der Waals surface area contributed by atoms with Crippen LogP contribution in [-0.2, 0) is 32.1 Å². The van der Waals surface area contributed by atoms with Crippen molar-refractivity contribution in [3.05, 3.63) is 35.4 Å². The Morgan fingerprint density at radius 2 is 1.79 bits per heavy atom. The maximum absolute atomic E-state index is 14.0. The first-order valence-corrected chi connectivity index (χ1v) is 13.0. The summed E-state index contributed by atoms with van der Waals surface area (Å²) < 4.78 is 5.40. The number of carbonyl (C=O) groups is 4. The molecule has 10 nitrogen and oxygen atoms in total. The normalized spacial score (nSPS) is 20.9. The van der Waals surface area contributed by atoms with E-state index in [9.17, 15) is 24.4 Å². The van der Waals surface area contributed by atoms with Gasteiger partial charge in [-0.1, -0.05) is 45.0 Å². The van der Waals surface area contributed by atoms with E-state index in [4.69, 9.17) is 4.74 Å². The molecule has 3 N–H and O–H groups in total. The SMILES string of the molecule is CC(C)(C)OC(=O)N[C@H](C(=O)N1Cc2ccccc2C[C@H]1C(=O)NC(C#N)CC1CCNC1=O)C(C)(C)C. The molecule has 1 fully saturated rings. The summed E-state index contributed by atoms with van der Waals surface area (Å²) in [5, 5.41) is 17.9. The Bertz CT molecular complexity index is 1110. The van der Waals surface area contributed by atoms with Crippen LogP contribution in [0.25, 0.3) is 0 Å². The van der Waals surface area contributed by atoms with Crippen LogP contribution >= 0.6 is 0 Å². The summed E-state index contributed by atoms with van der Waals surface area (Å²) in [7, 11) is 0. The van der Waals surface area contributed by atoms with Gasteiger partial charge >= 0.3 is 6.09 Å². The molecule has 0 aromatic heterocycles. The summed E-state index contributed by atoms with van der Waals surface area (Å²) in [6.45, 7) is 11.4. The molecule has 2 heterocycles. The van der Waals surface area contributed by atoms with Crippen molar-refractivity contribution in [3.63, 3.8) is 0 Å². The van der Waals surface area contributed by atoms with Gasteiger partial charge in [0.15, 0.2) is 0 Å². The van der Waals surface area contributed by atoms with Crippen molar-refractivity contribution >= 4 is 23.8 Å². The van der Waals surface area contributed by atoms with Crippen molar-refractivity contribution in [2.45, 2.75) is 91.1 Å². The Labute approximate surface area is 224 Å². The number of alkyl carbamates (subject to hydrolysis) is 1. The monoisotopic (exact) mass is 525 g/mol. The molecule has 1 saturated heterocycles. The molecule has 2 aliphatic rings. The second-order valence-corrected chi connectivity index (χ2v) is 12.1. The number of ether oxygens (including phenoxy) is 1. The fourth-order valence-electron chi connectivity index (χ4n) is 4.79. The Kier molecular flexibility index (Phi) is 8.70. The lowest BCUT2D eigenvalue weighted by atomic mass is 9.84. The van der Waals surface area contributed by atoms with Crippen LogP contribution in [0.1, 0.15) is 65.5 Å². The van der Waals surface area contributed by atoms with Crippen LogP contribution in [0.5, 0.6) is 0 Å². The second kappa shape index (κ2) is 11.4. The third-order valence-electron chi connectivity index (χ3n) is 6.76. The number of nitrogens with zero attached hydrogens (tertiary/aromatic N) is 2. The summed E-state index contributed by atoms with van der Waals surface area (Å²) in [6, 6.07) is 6.94. The van der Waals surface area contributed by atoms with Gasteiger partial charge in [0, 0.05) is 25.4 Å². The summed E-state index contributed by atoms with van der Waals surface area (Å²) in [4.78, 5) is 53.7. The van der Waals surface area contributed by atoms with E-state index in [-0.39, 0.29) is 31.2 Å². The number of hydrogen-bond donors (Lipinski definition) is 3. The van der Waals surface area contributed by atoms with Crippen LogP contribution in [0.2, 0.25) is 0 Å². The van der Waals surface area contributed by atoms with Gasteiger partial charge in [-0.3, -0.25) is 14.4 Å². The fourth-order valence-corrected chi connectivity index (χ4v) is 4.79. The first kappa shape index (κ1) is 29.0. The van der Waals surface area contributed by atoms with Gasteiger partial charge in [-0.25, -0.2) is 4.79 Å². The van der Waals surface area contributed by atoms with Crippen molar-refractivity contribution in [2.75, 3.05) is 6.54 Å². The number of rotatable bonds is 6. The Hall–Kier alpha value is -3.61. The van der Waals surface area contributed by atoms with Crippen LogP contribution in [0.3, 0.4) is 0 Å². The summed E-state index contributed by atoms with van der Waals surface area (Å²) >= 11 is 0. The zero-order valence-corrected chi connectivity index (χ0v) is 23.1. The Morgan fingerprint density at radius 3 is 2.34 bits per heavy atom. The van der Waals surface area contributed by atoms with Crippen molar-refractivity contribution in [1.82, 2.24) is 20.9 Å². The number of nitriles is 1. The van der Waals surface area contributed by atoms with Gasteiger partial charge in [0.05, 0.1) is 6.07 Å². The van der Waals surface area contributed by atoms with E-state index < -0.39 is 47.0 Å². The predicted molar refractivity (Wildman–Crippen MR) is 140 cm³/mol. The van der Waals surface area contributed by atoms with Gasteiger partial charge in [-0.2, -0.15) is 5.26 Å². The molecule has 2 aliphatic heterocycles. The van der Waals surface area contributed by atoms with Gasteiger partial charge in [-0.05, 0) is 50.2 Å². The number of carbonyl (C=O) groups excluding carboxylic acids is 4. The van der Waals surface area contributed by atoms with E-state index >= 15 is 0 Å². The molecule has 10 heteroatoms. The lowest BCUT2D eigenvalue weighted by Crippen LogP contribution is -2.61. The molecule has 0 spiro atoms.